The van der Waals surface area contributed by atoms with Gasteiger partial charge in [0.1, 0.15) is 11.0 Å². The van der Waals surface area contributed by atoms with Gasteiger partial charge in [-0.1, -0.05) is 67.6 Å². The maximum Gasteiger partial charge on any atom is 0.407 e. The molecule has 0 unspecified atom stereocenters. The third kappa shape index (κ3) is 8.87. The van der Waals surface area contributed by atoms with Crippen LogP contribution in [-0.2, 0) is 39.1 Å². The van der Waals surface area contributed by atoms with E-state index < -0.39 is 34.4 Å². The Morgan fingerprint density at radius 3 is 2.07 bits per heavy atom. The zero-order valence-corrected chi connectivity index (χ0v) is 25.5. The maximum absolute atomic E-state index is 13.6. The number of thiazole rings is 1. The van der Waals surface area contributed by atoms with Gasteiger partial charge in [-0.3, -0.25) is 9.35 Å². The highest BCUT2D eigenvalue weighted by molar-refractivity contribution is 7.87. The lowest BCUT2D eigenvalue weighted by Crippen LogP contribution is -2.49. The van der Waals surface area contributed by atoms with E-state index in [-0.39, 0.29) is 24.4 Å². The van der Waals surface area contributed by atoms with Crippen molar-refractivity contribution < 1.29 is 27.3 Å². The summed E-state index contributed by atoms with van der Waals surface area (Å²) in [4.78, 5) is 30.7. The normalized spacial score (nSPS) is 12.6. The number of carbonyl (C=O) groups is 2. The summed E-state index contributed by atoms with van der Waals surface area (Å²) in [5, 5.41) is 8.39. The predicted molar refractivity (Wildman–Crippen MR) is 167 cm³/mol. The quantitative estimate of drug-likeness (QED) is 0.170. The third-order valence-corrected chi connectivity index (χ3v) is 8.44. The zero-order valence-electron chi connectivity index (χ0n) is 23.8. The van der Waals surface area contributed by atoms with Crippen LogP contribution in [0.5, 0.6) is 0 Å². The number of aryl methyl sites for hydroxylation is 1. The molecule has 3 N–H and O–H groups in total. The van der Waals surface area contributed by atoms with Crippen molar-refractivity contribution in [2.24, 2.45) is 0 Å². The van der Waals surface area contributed by atoms with E-state index in [4.69, 9.17) is 9.72 Å². The number of ether oxygens (including phenoxy) is 1. The number of benzene rings is 3. The smallest absolute Gasteiger partial charge is 0.407 e. The van der Waals surface area contributed by atoms with Gasteiger partial charge in [-0.05, 0) is 55.2 Å². The molecule has 0 spiro atoms. The van der Waals surface area contributed by atoms with Crippen LogP contribution in [0.4, 0.5) is 16.2 Å². The SMILES string of the molecule is CCOC(=O)N[C@@H](Cc1ccccc1)C(=O)N[C@@H](Cc1ccc(N(c2ccccc2)S(=O)(=O)O)cc1)c1nc(CC)cs1. The van der Waals surface area contributed by atoms with E-state index >= 15 is 0 Å². The molecule has 0 radical (unpaired) electrons. The molecule has 12 heteroatoms. The first-order valence-corrected chi connectivity index (χ1v) is 16.1. The number of alkyl carbamates (subject to hydrolysis) is 1. The fraction of sp³-hybridized carbons (Fsp3) is 0.258. The molecule has 0 aliphatic heterocycles. The highest BCUT2D eigenvalue weighted by Gasteiger charge is 2.27. The molecule has 4 rings (SSSR count). The number of amides is 2. The molecule has 1 heterocycles. The Hall–Kier alpha value is -4.26. The Bertz CT molecular complexity index is 1600. The van der Waals surface area contributed by atoms with Crippen molar-refractivity contribution in [3.63, 3.8) is 0 Å². The molecule has 0 aliphatic rings. The van der Waals surface area contributed by atoms with Crippen LogP contribution in [0.25, 0.3) is 0 Å². The van der Waals surface area contributed by atoms with Crippen LogP contribution in [0, 0.1) is 0 Å². The van der Waals surface area contributed by atoms with Gasteiger partial charge < -0.3 is 15.4 Å². The van der Waals surface area contributed by atoms with Crippen molar-refractivity contribution >= 4 is 45.0 Å². The van der Waals surface area contributed by atoms with E-state index in [1.165, 1.54) is 11.3 Å². The second kappa shape index (κ2) is 14.8. The Balaban J connectivity index is 1.59. The molecule has 0 saturated carbocycles. The zero-order chi connectivity index (χ0) is 30.8. The average molecular weight is 623 g/mol. The summed E-state index contributed by atoms with van der Waals surface area (Å²) in [7, 11) is -4.59. The third-order valence-electron chi connectivity index (χ3n) is 6.55. The van der Waals surface area contributed by atoms with Gasteiger partial charge in [0.25, 0.3) is 0 Å². The molecule has 43 heavy (non-hydrogen) atoms. The first-order valence-electron chi connectivity index (χ1n) is 13.8. The Morgan fingerprint density at radius 1 is 0.884 bits per heavy atom. The molecular formula is C31H34N4O6S2. The van der Waals surface area contributed by atoms with Gasteiger partial charge in [-0.15, -0.1) is 11.3 Å². The highest BCUT2D eigenvalue weighted by Crippen LogP contribution is 2.30. The number of carbonyl (C=O) groups excluding carboxylic acids is 2. The number of aromatic nitrogens is 1. The van der Waals surface area contributed by atoms with Crippen LogP contribution in [-0.4, -0.2) is 42.6 Å². The molecular weight excluding hydrogens is 588 g/mol. The number of anilines is 2. The minimum absolute atomic E-state index is 0.169. The van der Waals surface area contributed by atoms with Gasteiger partial charge in [-0.2, -0.15) is 8.42 Å². The van der Waals surface area contributed by atoms with Crippen molar-refractivity contribution in [2.75, 3.05) is 10.9 Å². The summed E-state index contributed by atoms with van der Waals surface area (Å²) in [6.07, 6.45) is 0.653. The second-order valence-electron chi connectivity index (χ2n) is 9.65. The molecule has 3 aromatic carbocycles. The topological polar surface area (TPSA) is 138 Å². The van der Waals surface area contributed by atoms with Gasteiger partial charge in [0.15, 0.2) is 0 Å². The summed E-state index contributed by atoms with van der Waals surface area (Å²) < 4.78 is 40.3. The fourth-order valence-corrected chi connectivity index (χ4v) is 6.20. The number of hydrogen-bond acceptors (Lipinski definition) is 7. The number of rotatable bonds is 13. The van der Waals surface area contributed by atoms with Crippen LogP contribution in [0.3, 0.4) is 0 Å². The minimum atomic E-state index is -4.59. The molecule has 0 fully saturated rings. The number of nitrogens with zero attached hydrogens (tertiary/aromatic N) is 2. The first kappa shape index (κ1) is 31.7. The lowest BCUT2D eigenvalue weighted by Gasteiger charge is -2.23. The van der Waals surface area contributed by atoms with Gasteiger partial charge >= 0.3 is 16.4 Å². The minimum Gasteiger partial charge on any atom is -0.450 e. The molecule has 1 aromatic heterocycles. The van der Waals surface area contributed by atoms with Crippen LogP contribution in [0.1, 0.15) is 41.7 Å². The lowest BCUT2D eigenvalue weighted by molar-refractivity contribution is -0.123. The molecule has 0 aliphatic carbocycles. The Labute approximate surface area is 255 Å². The van der Waals surface area contributed by atoms with E-state index in [2.05, 4.69) is 10.6 Å². The van der Waals surface area contributed by atoms with Crippen molar-refractivity contribution in [3.05, 3.63) is 112 Å². The maximum atomic E-state index is 13.6. The van der Waals surface area contributed by atoms with Gasteiger partial charge in [0, 0.05) is 11.8 Å². The van der Waals surface area contributed by atoms with Crippen molar-refractivity contribution in [3.8, 4) is 0 Å². The second-order valence-corrected chi connectivity index (χ2v) is 11.8. The van der Waals surface area contributed by atoms with E-state index in [9.17, 15) is 22.6 Å². The van der Waals surface area contributed by atoms with E-state index in [1.807, 2.05) is 42.6 Å². The number of para-hydroxylation sites is 1. The Morgan fingerprint density at radius 2 is 1.49 bits per heavy atom. The summed E-state index contributed by atoms with van der Waals surface area (Å²) in [6.45, 7) is 3.86. The monoisotopic (exact) mass is 622 g/mol. The van der Waals surface area contributed by atoms with Gasteiger partial charge in [-0.25, -0.2) is 14.1 Å². The molecule has 0 bridgehead atoms. The van der Waals surface area contributed by atoms with Crippen molar-refractivity contribution in [1.29, 1.82) is 0 Å². The lowest BCUT2D eigenvalue weighted by atomic mass is 10.0. The summed E-state index contributed by atoms with van der Waals surface area (Å²) in [5.74, 6) is -0.395. The highest BCUT2D eigenvalue weighted by atomic mass is 32.2. The van der Waals surface area contributed by atoms with Gasteiger partial charge in [0.05, 0.1) is 29.7 Å². The van der Waals surface area contributed by atoms with Crippen LogP contribution in [0.15, 0.2) is 90.3 Å². The largest absolute Gasteiger partial charge is 0.450 e. The molecule has 2 atom stereocenters. The van der Waals surface area contributed by atoms with Crippen LogP contribution >= 0.6 is 11.3 Å². The molecule has 0 saturated heterocycles. The number of hydrogen-bond donors (Lipinski definition) is 3. The van der Waals surface area contributed by atoms with E-state index in [1.54, 1.807) is 61.5 Å². The first-order chi connectivity index (χ1) is 20.7. The molecule has 2 amide bonds. The van der Waals surface area contributed by atoms with E-state index in [0.717, 1.165) is 27.5 Å². The molecule has 10 nitrogen and oxygen atoms in total. The van der Waals surface area contributed by atoms with Crippen LogP contribution < -0.4 is 14.9 Å². The summed E-state index contributed by atoms with van der Waals surface area (Å²) >= 11 is 1.43. The molecule has 4 aromatic rings. The van der Waals surface area contributed by atoms with Crippen molar-refractivity contribution in [2.45, 2.75) is 45.2 Å². The van der Waals surface area contributed by atoms with Crippen LogP contribution in [0.2, 0.25) is 0 Å². The van der Waals surface area contributed by atoms with Gasteiger partial charge in [0.2, 0.25) is 5.91 Å². The summed E-state index contributed by atoms with van der Waals surface area (Å²) in [5.41, 5.74) is 3.10. The number of nitrogens with one attached hydrogen (secondary N) is 2. The Kier molecular flexibility index (Phi) is 10.9. The average Bonchev–Trinajstić information content (AvgIpc) is 3.47. The van der Waals surface area contributed by atoms with Crippen molar-refractivity contribution in [1.82, 2.24) is 15.6 Å². The molecule has 226 valence electrons. The fourth-order valence-electron chi connectivity index (χ4n) is 4.47. The van der Waals surface area contributed by atoms with E-state index in [0.29, 0.717) is 11.4 Å². The standard InChI is InChI=1S/C31H34N4O6S2/c1-3-24-21-42-30(32-24)28(33-29(36)27(34-31(37)41-4-2)19-22-11-7-5-8-12-22)20-23-15-17-26(18-16-23)35(43(38,39)40)25-13-9-6-10-14-25/h5-18,21,27-28H,3-4,19-20H2,1-2H3,(H,33,36)(H,34,37)(H,38,39,40)/t27-,28-/m0/s1. The summed E-state index contributed by atoms with van der Waals surface area (Å²) in [6, 6.07) is 22.9. The predicted octanol–water partition coefficient (Wildman–Crippen LogP) is 5.40.